The molecule has 0 aromatic carbocycles. The minimum Gasteiger partial charge on any atom is -0.394 e. The molecule has 19 nitrogen and oxygen atoms in total. The van der Waals surface area contributed by atoms with E-state index in [1.165, 1.54) is 128 Å². The number of aliphatic hydroxyl groups excluding tert-OH is 11. The van der Waals surface area contributed by atoms with E-state index in [1.807, 2.05) is 6.08 Å². The molecule has 0 spiro atoms. The van der Waals surface area contributed by atoms with E-state index in [0.29, 0.717) is 6.42 Å². The van der Waals surface area contributed by atoms with Crippen LogP contribution in [0.1, 0.15) is 245 Å². The fourth-order valence-corrected chi connectivity index (χ4v) is 11.8. The number of aliphatic hydroxyl groups is 11. The maximum absolute atomic E-state index is 13.4. The number of hydrogen-bond donors (Lipinski definition) is 12. The van der Waals surface area contributed by atoms with Gasteiger partial charge in [-0.2, -0.15) is 0 Å². The molecule has 0 radical (unpaired) electrons. The lowest BCUT2D eigenvalue weighted by molar-refractivity contribution is -0.379. The maximum Gasteiger partial charge on any atom is 0.220 e. The first kappa shape index (κ1) is 84.2. The van der Waals surface area contributed by atoms with Crippen molar-refractivity contribution in [2.24, 2.45) is 0 Å². The van der Waals surface area contributed by atoms with Crippen LogP contribution in [0.15, 0.2) is 85.1 Å². The van der Waals surface area contributed by atoms with Crippen LogP contribution in [0.25, 0.3) is 0 Å². The molecule has 538 valence electrons. The van der Waals surface area contributed by atoms with Gasteiger partial charge in [0, 0.05) is 6.42 Å². The van der Waals surface area contributed by atoms with Crippen LogP contribution < -0.4 is 5.32 Å². The zero-order chi connectivity index (χ0) is 67.5. The number of amides is 1. The van der Waals surface area contributed by atoms with Crippen LogP contribution in [0, 0.1) is 0 Å². The summed E-state index contributed by atoms with van der Waals surface area (Å²) in [4.78, 5) is 13.4. The van der Waals surface area contributed by atoms with Crippen molar-refractivity contribution in [2.45, 2.75) is 349 Å². The van der Waals surface area contributed by atoms with E-state index in [0.717, 1.165) is 89.9 Å². The van der Waals surface area contributed by atoms with Gasteiger partial charge in [-0.05, 0) is 70.6 Å². The van der Waals surface area contributed by atoms with E-state index in [4.69, 9.17) is 28.4 Å². The van der Waals surface area contributed by atoms with Gasteiger partial charge >= 0.3 is 0 Å². The number of ether oxygens (including phenoxy) is 6. The lowest BCUT2D eigenvalue weighted by Gasteiger charge is -2.48. The quantitative estimate of drug-likeness (QED) is 0.0199. The van der Waals surface area contributed by atoms with E-state index < -0.39 is 124 Å². The summed E-state index contributed by atoms with van der Waals surface area (Å²) in [6.45, 7) is 1.62. The highest BCUT2D eigenvalue weighted by Gasteiger charge is 2.53. The Morgan fingerprint density at radius 3 is 1.16 bits per heavy atom. The van der Waals surface area contributed by atoms with Crippen molar-refractivity contribution in [2.75, 3.05) is 26.4 Å². The van der Waals surface area contributed by atoms with Crippen LogP contribution in [0.4, 0.5) is 0 Å². The van der Waals surface area contributed by atoms with Gasteiger partial charge in [0.2, 0.25) is 5.91 Å². The first-order valence-corrected chi connectivity index (χ1v) is 36.3. The summed E-state index contributed by atoms with van der Waals surface area (Å²) < 4.78 is 34.4. The SMILES string of the molecule is CC/C=C\C/C=C\C/C=C\C/C=C\C/C=C\C/C=C\CCCCCCCCCCCCCCCCC(=O)NC(COC1OC(CO)C(OC2OC(CO)C(OC3OC(CO)C(O)C(O)C3O)C(O)C2O)C(O)C1O)C(O)/C=C/CCCCCCCCCCCCCCC. The summed E-state index contributed by atoms with van der Waals surface area (Å²) in [5, 5.41) is 121. The Morgan fingerprint density at radius 2 is 0.742 bits per heavy atom. The fourth-order valence-electron chi connectivity index (χ4n) is 11.8. The average molecular weight is 1320 g/mol. The molecule has 3 rings (SSSR count). The standard InChI is InChI=1S/C74H129NO18/c1-3-5-7-9-11-13-15-17-19-20-21-22-23-24-25-26-27-28-29-30-31-32-33-34-35-36-38-40-42-44-46-48-50-52-62(80)75-57(58(79)51-49-47-45-43-41-39-37-18-16-14-12-10-8-6-4-2)56-88-72-68(86)65(83)70(60(54-77)90-72)93-74-69(87)66(84)71(61(55-78)91-74)92-73-67(85)64(82)63(81)59(53-76)89-73/h5,7,11,13,17,19,21-22,24-25,27-28,49,51,57-61,63-74,76-79,81-87H,3-4,6,8-10,12,14-16,18,20,23,26,29-48,50,52-56H2,1-2H3,(H,75,80)/b7-5-,13-11-,19-17-,22-21-,25-24-,28-27-,51-49+. The van der Waals surface area contributed by atoms with Crippen LogP contribution in [0.2, 0.25) is 0 Å². The molecule has 0 aromatic heterocycles. The zero-order valence-corrected chi connectivity index (χ0v) is 57.0. The molecule has 17 unspecified atom stereocenters. The predicted molar refractivity (Wildman–Crippen MR) is 364 cm³/mol. The van der Waals surface area contributed by atoms with Gasteiger partial charge in [-0.1, -0.05) is 253 Å². The van der Waals surface area contributed by atoms with Gasteiger partial charge in [0.25, 0.3) is 0 Å². The Bertz CT molecular complexity index is 2010. The van der Waals surface area contributed by atoms with E-state index in [9.17, 15) is 61.0 Å². The molecule has 0 aromatic rings. The number of allylic oxidation sites excluding steroid dienone is 13. The monoisotopic (exact) mass is 1320 g/mol. The van der Waals surface area contributed by atoms with Crippen molar-refractivity contribution in [3.63, 3.8) is 0 Å². The molecule has 3 aliphatic heterocycles. The minimum absolute atomic E-state index is 0.239. The molecule has 93 heavy (non-hydrogen) atoms. The number of carbonyl (C=O) groups excluding carboxylic acids is 1. The maximum atomic E-state index is 13.4. The number of rotatable bonds is 55. The summed E-state index contributed by atoms with van der Waals surface area (Å²) in [7, 11) is 0. The largest absolute Gasteiger partial charge is 0.394 e. The van der Waals surface area contributed by atoms with E-state index in [-0.39, 0.29) is 18.9 Å². The summed E-state index contributed by atoms with van der Waals surface area (Å²) in [5.41, 5.74) is 0. The smallest absolute Gasteiger partial charge is 0.220 e. The highest BCUT2D eigenvalue weighted by atomic mass is 16.8. The van der Waals surface area contributed by atoms with Crippen molar-refractivity contribution in [3.8, 4) is 0 Å². The second-order valence-electron chi connectivity index (χ2n) is 25.7. The van der Waals surface area contributed by atoms with Crippen LogP contribution in [0.5, 0.6) is 0 Å². The number of unbranched alkanes of at least 4 members (excludes halogenated alkanes) is 27. The Kier molecular flexibility index (Phi) is 49.7. The van der Waals surface area contributed by atoms with E-state index in [2.05, 4.69) is 92.1 Å². The van der Waals surface area contributed by atoms with Crippen LogP contribution in [-0.4, -0.2) is 193 Å². The van der Waals surface area contributed by atoms with Gasteiger partial charge in [-0.15, -0.1) is 0 Å². The molecular weight excluding hydrogens is 1190 g/mol. The van der Waals surface area contributed by atoms with E-state index in [1.54, 1.807) is 6.08 Å². The van der Waals surface area contributed by atoms with Crippen molar-refractivity contribution in [1.82, 2.24) is 5.32 Å². The van der Waals surface area contributed by atoms with Crippen LogP contribution >= 0.6 is 0 Å². The number of nitrogens with one attached hydrogen (secondary N) is 1. The Hall–Kier alpha value is -3.03. The second kappa shape index (κ2) is 54.9. The Labute approximate surface area is 559 Å². The molecule has 12 N–H and O–H groups in total. The zero-order valence-electron chi connectivity index (χ0n) is 57.0. The molecule has 3 aliphatic rings. The first-order chi connectivity index (χ1) is 45.3. The van der Waals surface area contributed by atoms with Gasteiger partial charge < -0.3 is 89.9 Å². The van der Waals surface area contributed by atoms with Gasteiger partial charge in [0.05, 0.1) is 38.6 Å². The summed E-state index contributed by atoms with van der Waals surface area (Å²) >= 11 is 0. The normalized spacial score (nSPS) is 28.0. The van der Waals surface area contributed by atoms with Crippen molar-refractivity contribution >= 4 is 5.91 Å². The van der Waals surface area contributed by atoms with Gasteiger partial charge in [-0.3, -0.25) is 4.79 Å². The van der Waals surface area contributed by atoms with Gasteiger partial charge in [-0.25, -0.2) is 0 Å². The van der Waals surface area contributed by atoms with Crippen molar-refractivity contribution in [1.29, 1.82) is 0 Å². The van der Waals surface area contributed by atoms with Crippen LogP contribution in [0.3, 0.4) is 0 Å². The summed E-state index contributed by atoms with van der Waals surface area (Å²) in [6.07, 6.45) is 44.2. The topological polar surface area (TPSA) is 307 Å². The molecule has 1 amide bonds. The van der Waals surface area contributed by atoms with Crippen molar-refractivity contribution in [3.05, 3.63) is 85.1 Å². The third-order valence-corrected chi connectivity index (χ3v) is 17.7. The van der Waals surface area contributed by atoms with Crippen molar-refractivity contribution < 1.29 is 89.4 Å². The third kappa shape index (κ3) is 36.4. The molecule has 3 heterocycles. The lowest BCUT2D eigenvalue weighted by Crippen LogP contribution is -2.66. The summed E-state index contributed by atoms with van der Waals surface area (Å²) in [6, 6.07) is -0.977. The minimum atomic E-state index is -1.98. The highest BCUT2D eigenvalue weighted by Crippen LogP contribution is 2.33. The third-order valence-electron chi connectivity index (χ3n) is 17.7. The van der Waals surface area contributed by atoms with Gasteiger partial charge in [0.15, 0.2) is 18.9 Å². The second-order valence-corrected chi connectivity index (χ2v) is 25.7. The molecule has 0 bridgehead atoms. The highest BCUT2D eigenvalue weighted by molar-refractivity contribution is 5.76. The lowest BCUT2D eigenvalue weighted by atomic mass is 9.96. The Morgan fingerprint density at radius 1 is 0.398 bits per heavy atom. The molecule has 3 fully saturated rings. The summed E-state index contributed by atoms with van der Waals surface area (Å²) in [5.74, 6) is -0.278. The van der Waals surface area contributed by atoms with E-state index >= 15 is 0 Å². The van der Waals surface area contributed by atoms with Gasteiger partial charge in [0.1, 0.15) is 73.2 Å². The predicted octanol–water partition coefficient (Wildman–Crippen LogP) is 10.3. The Balaban J connectivity index is 1.37. The average Bonchev–Trinajstić information content (AvgIpc) is 0.902. The fraction of sp³-hybridized carbons (Fsp3) is 0.797. The van der Waals surface area contributed by atoms with Crippen LogP contribution in [-0.2, 0) is 33.2 Å². The molecular formula is C74H129NO18. The molecule has 17 atom stereocenters. The number of hydrogen-bond acceptors (Lipinski definition) is 18. The molecule has 0 saturated carbocycles. The molecule has 19 heteroatoms. The molecule has 0 aliphatic carbocycles. The number of carbonyl (C=O) groups is 1. The molecule has 3 saturated heterocycles. The first-order valence-electron chi connectivity index (χ1n) is 36.3.